The van der Waals surface area contributed by atoms with Gasteiger partial charge in [0.1, 0.15) is 5.75 Å². The lowest BCUT2D eigenvalue weighted by Crippen LogP contribution is -2.37. The van der Waals surface area contributed by atoms with E-state index in [-0.39, 0.29) is 5.84 Å². The van der Waals surface area contributed by atoms with Crippen LogP contribution >= 0.6 is 0 Å². The highest BCUT2D eigenvalue weighted by Crippen LogP contribution is 2.22. The Balaban J connectivity index is 2.18. The SMILES string of the molecule is COc1ccc(/C(N)=N/O)cc1CN1CCS(=O)CC1. The van der Waals surface area contributed by atoms with Gasteiger partial charge in [-0.2, -0.15) is 0 Å². The Morgan fingerprint density at radius 2 is 2.20 bits per heavy atom. The van der Waals surface area contributed by atoms with Crippen LogP contribution in [0.15, 0.2) is 23.4 Å². The number of hydrogen-bond donors (Lipinski definition) is 2. The van der Waals surface area contributed by atoms with Gasteiger partial charge >= 0.3 is 0 Å². The van der Waals surface area contributed by atoms with Crippen molar-refractivity contribution in [3.8, 4) is 5.75 Å². The van der Waals surface area contributed by atoms with E-state index in [9.17, 15) is 4.21 Å². The zero-order valence-corrected chi connectivity index (χ0v) is 12.2. The molecule has 0 amide bonds. The minimum Gasteiger partial charge on any atom is -0.496 e. The quantitative estimate of drug-likeness (QED) is 0.362. The highest BCUT2D eigenvalue weighted by Gasteiger charge is 2.17. The highest BCUT2D eigenvalue weighted by atomic mass is 32.2. The minimum absolute atomic E-state index is 0.0775. The van der Waals surface area contributed by atoms with Gasteiger partial charge in [-0.1, -0.05) is 5.16 Å². The predicted molar refractivity (Wildman–Crippen MR) is 78.7 cm³/mol. The lowest BCUT2D eigenvalue weighted by molar-refractivity contribution is 0.285. The van der Waals surface area contributed by atoms with Crippen molar-refractivity contribution in [2.24, 2.45) is 10.9 Å². The third kappa shape index (κ3) is 3.49. The van der Waals surface area contributed by atoms with Crippen LogP contribution in [0.1, 0.15) is 11.1 Å². The topological polar surface area (TPSA) is 88.2 Å². The third-order valence-corrected chi connectivity index (χ3v) is 4.62. The molecule has 0 unspecified atom stereocenters. The third-order valence-electron chi connectivity index (χ3n) is 3.35. The summed E-state index contributed by atoms with van der Waals surface area (Å²) in [5, 5.41) is 11.8. The summed E-state index contributed by atoms with van der Waals surface area (Å²) in [4.78, 5) is 2.23. The largest absolute Gasteiger partial charge is 0.496 e. The molecule has 1 aliphatic rings. The maximum Gasteiger partial charge on any atom is 0.170 e. The number of methoxy groups -OCH3 is 1. The summed E-state index contributed by atoms with van der Waals surface area (Å²) in [5.41, 5.74) is 7.24. The fourth-order valence-electron chi connectivity index (χ4n) is 2.19. The van der Waals surface area contributed by atoms with Gasteiger partial charge in [0.25, 0.3) is 0 Å². The molecular weight excluding hydrogens is 278 g/mol. The summed E-state index contributed by atoms with van der Waals surface area (Å²) in [5.74, 6) is 2.27. The van der Waals surface area contributed by atoms with Gasteiger partial charge in [-0.3, -0.25) is 9.11 Å². The molecule has 0 saturated carbocycles. The number of hydrogen-bond acceptors (Lipinski definition) is 5. The van der Waals surface area contributed by atoms with Crippen molar-refractivity contribution in [2.45, 2.75) is 6.54 Å². The van der Waals surface area contributed by atoms with Crippen LogP contribution in [-0.4, -0.2) is 51.9 Å². The molecule has 110 valence electrons. The van der Waals surface area contributed by atoms with Crippen LogP contribution in [0.2, 0.25) is 0 Å². The summed E-state index contributed by atoms with van der Waals surface area (Å²) in [6.45, 7) is 2.32. The Bertz CT molecular complexity index is 524. The van der Waals surface area contributed by atoms with E-state index in [1.54, 1.807) is 13.2 Å². The van der Waals surface area contributed by atoms with Gasteiger partial charge in [0, 0.05) is 53.1 Å². The molecule has 1 aliphatic heterocycles. The molecule has 7 heteroatoms. The average Bonchev–Trinajstić information content (AvgIpc) is 2.48. The van der Waals surface area contributed by atoms with Gasteiger partial charge in [-0.15, -0.1) is 0 Å². The van der Waals surface area contributed by atoms with Crippen molar-refractivity contribution in [1.29, 1.82) is 0 Å². The molecule has 1 fully saturated rings. The smallest absolute Gasteiger partial charge is 0.170 e. The van der Waals surface area contributed by atoms with Crippen LogP contribution < -0.4 is 10.5 Å². The van der Waals surface area contributed by atoms with Crippen molar-refractivity contribution in [1.82, 2.24) is 4.90 Å². The van der Waals surface area contributed by atoms with E-state index in [0.29, 0.717) is 23.6 Å². The van der Waals surface area contributed by atoms with Crippen LogP contribution in [0.5, 0.6) is 5.75 Å². The Morgan fingerprint density at radius 3 is 2.80 bits per heavy atom. The number of rotatable bonds is 4. The molecule has 0 atom stereocenters. The number of ether oxygens (including phenoxy) is 1. The summed E-state index contributed by atoms with van der Waals surface area (Å²) in [6, 6.07) is 5.42. The van der Waals surface area contributed by atoms with E-state index in [0.717, 1.165) is 24.4 Å². The Hall–Kier alpha value is -1.60. The standard InChI is InChI=1S/C13H19N3O3S/c1-19-12-3-2-10(13(14)15-17)8-11(12)9-16-4-6-20(18)7-5-16/h2-3,8,17H,4-7,9H2,1H3,(H2,14,15). The fourth-order valence-corrected chi connectivity index (χ4v) is 3.32. The Labute approximate surface area is 120 Å². The average molecular weight is 297 g/mol. The molecule has 1 saturated heterocycles. The molecule has 2 rings (SSSR count). The zero-order valence-electron chi connectivity index (χ0n) is 11.4. The summed E-state index contributed by atoms with van der Waals surface area (Å²) >= 11 is 0. The molecular formula is C13H19N3O3S. The van der Waals surface area contributed by atoms with Crippen LogP contribution in [0, 0.1) is 0 Å². The summed E-state index contributed by atoms with van der Waals surface area (Å²) < 4.78 is 16.7. The van der Waals surface area contributed by atoms with Crippen LogP contribution in [-0.2, 0) is 17.3 Å². The molecule has 20 heavy (non-hydrogen) atoms. The molecule has 1 heterocycles. The molecule has 0 bridgehead atoms. The number of nitrogens with zero attached hydrogens (tertiary/aromatic N) is 2. The van der Waals surface area contributed by atoms with Gasteiger partial charge in [0.05, 0.1) is 7.11 Å². The van der Waals surface area contributed by atoms with E-state index in [4.69, 9.17) is 15.7 Å². The highest BCUT2D eigenvalue weighted by molar-refractivity contribution is 7.85. The number of nitrogens with two attached hydrogens (primary N) is 1. The van der Waals surface area contributed by atoms with Crippen LogP contribution in [0.25, 0.3) is 0 Å². The first-order valence-corrected chi connectivity index (χ1v) is 7.85. The number of benzene rings is 1. The van der Waals surface area contributed by atoms with E-state index >= 15 is 0 Å². The zero-order chi connectivity index (χ0) is 14.5. The van der Waals surface area contributed by atoms with Gasteiger partial charge in [-0.05, 0) is 18.2 Å². The van der Waals surface area contributed by atoms with Crippen molar-refractivity contribution >= 4 is 16.6 Å². The lowest BCUT2D eigenvalue weighted by atomic mass is 10.1. The molecule has 3 N–H and O–H groups in total. The minimum atomic E-state index is -0.684. The molecule has 0 spiro atoms. The first-order chi connectivity index (χ1) is 9.63. The van der Waals surface area contributed by atoms with Crippen molar-refractivity contribution in [3.63, 3.8) is 0 Å². The number of oxime groups is 1. The molecule has 1 aromatic carbocycles. The van der Waals surface area contributed by atoms with Gasteiger partial charge in [0.2, 0.25) is 0 Å². The Kier molecular flexibility index (Phi) is 4.97. The van der Waals surface area contributed by atoms with Gasteiger partial charge in [-0.25, -0.2) is 0 Å². The molecule has 0 aromatic heterocycles. The van der Waals surface area contributed by atoms with Crippen molar-refractivity contribution < 1.29 is 14.2 Å². The number of amidine groups is 1. The van der Waals surface area contributed by atoms with E-state index in [1.807, 2.05) is 12.1 Å². The summed E-state index contributed by atoms with van der Waals surface area (Å²) in [7, 11) is 0.934. The second-order valence-corrected chi connectivity index (χ2v) is 6.33. The molecule has 0 aliphatic carbocycles. The predicted octanol–water partition coefficient (Wildman–Crippen LogP) is 0.354. The maximum absolute atomic E-state index is 11.4. The fraction of sp³-hybridized carbons (Fsp3) is 0.462. The van der Waals surface area contributed by atoms with Crippen molar-refractivity contribution in [2.75, 3.05) is 31.7 Å². The van der Waals surface area contributed by atoms with Crippen LogP contribution in [0.3, 0.4) is 0 Å². The Morgan fingerprint density at radius 1 is 1.50 bits per heavy atom. The first-order valence-electron chi connectivity index (χ1n) is 6.36. The van der Waals surface area contributed by atoms with E-state index in [2.05, 4.69) is 10.1 Å². The van der Waals surface area contributed by atoms with Gasteiger partial charge < -0.3 is 15.7 Å². The molecule has 0 radical (unpaired) electrons. The van der Waals surface area contributed by atoms with Crippen LogP contribution in [0.4, 0.5) is 0 Å². The van der Waals surface area contributed by atoms with Gasteiger partial charge in [0.15, 0.2) is 5.84 Å². The van der Waals surface area contributed by atoms with Crippen molar-refractivity contribution in [3.05, 3.63) is 29.3 Å². The first kappa shape index (κ1) is 14.8. The summed E-state index contributed by atoms with van der Waals surface area (Å²) in [6.07, 6.45) is 0. The monoisotopic (exact) mass is 297 g/mol. The van der Waals surface area contributed by atoms with E-state index < -0.39 is 10.8 Å². The maximum atomic E-state index is 11.4. The van der Waals surface area contributed by atoms with E-state index in [1.165, 1.54) is 0 Å². The normalized spacial score (nSPS) is 18.1. The molecule has 1 aromatic rings. The second-order valence-electron chi connectivity index (χ2n) is 4.64. The lowest BCUT2D eigenvalue weighted by Gasteiger charge is -2.26. The molecule has 6 nitrogen and oxygen atoms in total. The second kappa shape index (κ2) is 6.71.